The Morgan fingerprint density at radius 2 is 1.96 bits per heavy atom. The zero-order valence-corrected chi connectivity index (χ0v) is 13.3. The Morgan fingerprint density at radius 3 is 2.65 bits per heavy atom. The Labute approximate surface area is 145 Å². The van der Waals surface area contributed by atoms with E-state index in [1.54, 1.807) is 13.0 Å². The van der Waals surface area contributed by atoms with E-state index >= 15 is 0 Å². The Balaban J connectivity index is 1.80. The highest BCUT2D eigenvalue weighted by molar-refractivity contribution is 6.03. The zero-order chi connectivity index (χ0) is 18.7. The van der Waals surface area contributed by atoms with Gasteiger partial charge in [-0.1, -0.05) is 17.3 Å². The van der Waals surface area contributed by atoms with E-state index in [4.69, 9.17) is 4.52 Å². The summed E-state index contributed by atoms with van der Waals surface area (Å²) in [4.78, 5) is 20.2. The summed E-state index contributed by atoms with van der Waals surface area (Å²) in [5, 5.41) is 8.65. The monoisotopic (exact) mass is 363 g/mol. The largest absolute Gasteiger partial charge is 0.418 e. The first kappa shape index (κ1) is 17.4. The molecule has 10 heteroatoms. The third kappa shape index (κ3) is 3.97. The van der Waals surface area contributed by atoms with E-state index in [9.17, 15) is 18.0 Å². The molecule has 0 saturated carbocycles. The minimum Gasteiger partial charge on any atom is -0.360 e. The number of alkyl halides is 3. The average molecular weight is 363 g/mol. The fraction of sp³-hybridized carbons (Fsp3) is 0.125. The number of carbonyl (C=O) groups excluding carboxylic acids is 1. The highest BCUT2D eigenvalue weighted by Gasteiger charge is 2.33. The minimum absolute atomic E-state index is 0.0510. The number of rotatable bonds is 4. The van der Waals surface area contributed by atoms with Crippen LogP contribution >= 0.6 is 0 Å². The van der Waals surface area contributed by atoms with Gasteiger partial charge < -0.3 is 15.2 Å². The lowest BCUT2D eigenvalue weighted by molar-refractivity contribution is -0.136. The second kappa shape index (κ2) is 6.82. The minimum atomic E-state index is -4.59. The topological polar surface area (TPSA) is 92.9 Å². The van der Waals surface area contributed by atoms with Crippen molar-refractivity contribution in [3.8, 4) is 0 Å². The van der Waals surface area contributed by atoms with Gasteiger partial charge in [0.05, 0.1) is 11.3 Å². The van der Waals surface area contributed by atoms with Gasteiger partial charge in [0.25, 0.3) is 5.91 Å². The maximum Gasteiger partial charge on any atom is 0.418 e. The molecule has 1 amide bonds. The molecule has 0 saturated heterocycles. The zero-order valence-electron chi connectivity index (χ0n) is 13.3. The molecule has 0 aliphatic rings. The lowest BCUT2D eigenvalue weighted by Crippen LogP contribution is -2.18. The van der Waals surface area contributed by atoms with Crippen molar-refractivity contribution in [1.82, 2.24) is 15.1 Å². The molecule has 0 unspecified atom stereocenters. The van der Waals surface area contributed by atoms with Crippen LogP contribution in [0.3, 0.4) is 0 Å². The van der Waals surface area contributed by atoms with Gasteiger partial charge in [-0.2, -0.15) is 13.2 Å². The number of hydrogen-bond donors (Lipinski definition) is 2. The number of amides is 1. The predicted octanol–water partition coefficient (Wildman–Crippen LogP) is 3.79. The first-order valence-electron chi connectivity index (χ1n) is 7.34. The summed E-state index contributed by atoms with van der Waals surface area (Å²) >= 11 is 0. The fourth-order valence-corrected chi connectivity index (χ4v) is 2.11. The van der Waals surface area contributed by atoms with Gasteiger partial charge in [-0.3, -0.25) is 4.79 Å². The lowest BCUT2D eigenvalue weighted by atomic mass is 10.1. The fourth-order valence-electron chi connectivity index (χ4n) is 2.11. The smallest absolute Gasteiger partial charge is 0.360 e. The van der Waals surface area contributed by atoms with Crippen molar-refractivity contribution >= 4 is 23.4 Å². The van der Waals surface area contributed by atoms with Gasteiger partial charge in [-0.25, -0.2) is 9.97 Å². The molecule has 2 heterocycles. The van der Waals surface area contributed by atoms with Crippen LogP contribution in [0, 0.1) is 6.92 Å². The Morgan fingerprint density at radius 1 is 1.19 bits per heavy atom. The number of hydrogen-bond acceptors (Lipinski definition) is 6. The van der Waals surface area contributed by atoms with Gasteiger partial charge in [0.1, 0.15) is 11.5 Å². The summed E-state index contributed by atoms with van der Waals surface area (Å²) in [6.07, 6.45) is -3.29. The SMILES string of the molecule is Cc1cc(Nc2nccc(C(=O)Nc3ccccc3C(F)(F)F)n2)no1. The number of aryl methyl sites for hydroxylation is 1. The maximum absolute atomic E-state index is 13.0. The van der Waals surface area contributed by atoms with Crippen molar-refractivity contribution in [3.63, 3.8) is 0 Å². The third-order valence-corrected chi connectivity index (χ3v) is 3.24. The van der Waals surface area contributed by atoms with Crippen LogP contribution in [0.5, 0.6) is 0 Å². The molecular formula is C16H12F3N5O2. The van der Waals surface area contributed by atoms with Gasteiger partial charge in [0.2, 0.25) is 5.95 Å². The van der Waals surface area contributed by atoms with Crippen molar-refractivity contribution in [2.75, 3.05) is 10.6 Å². The Kier molecular flexibility index (Phi) is 4.57. The lowest BCUT2D eigenvalue weighted by Gasteiger charge is -2.13. The average Bonchev–Trinajstić information content (AvgIpc) is 2.99. The van der Waals surface area contributed by atoms with Gasteiger partial charge in [0, 0.05) is 12.3 Å². The highest BCUT2D eigenvalue weighted by Crippen LogP contribution is 2.34. The first-order valence-corrected chi connectivity index (χ1v) is 7.34. The van der Waals surface area contributed by atoms with E-state index < -0.39 is 17.6 Å². The van der Waals surface area contributed by atoms with Gasteiger partial charge in [-0.15, -0.1) is 0 Å². The summed E-state index contributed by atoms with van der Waals surface area (Å²) in [6.45, 7) is 1.70. The van der Waals surface area contributed by atoms with Crippen molar-refractivity contribution in [3.05, 3.63) is 59.6 Å². The molecule has 0 bridgehead atoms. The van der Waals surface area contributed by atoms with E-state index in [-0.39, 0.29) is 17.3 Å². The number of anilines is 3. The normalized spacial score (nSPS) is 11.2. The van der Waals surface area contributed by atoms with Crippen LogP contribution in [-0.4, -0.2) is 21.0 Å². The van der Waals surface area contributed by atoms with Crippen LogP contribution in [-0.2, 0) is 6.18 Å². The van der Waals surface area contributed by atoms with Crippen LogP contribution < -0.4 is 10.6 Å². The van der Waals surface area contributed by atoms with E-state index in [2.05, 4.69) is 25.8 Å². The molecule has 0 radical (unpaired) electrons. The summed E-state index contributed by atoms with van der Waals surface area (Å²) in [5.74, 6) is 0.145. The van der Waals surface area contributed by atoms with Crippen molar-refractivity contribution in [1.29, 1.82) is 0 Å². The number of para-hydroxylation sites is 1. The van der Waals surface area contributed by atoms with Gasteiger partial charge >= 0.3 is 6.18 Å². The number of carbonyl (C=O) groups is 1. The second-order valence-electron chi connectivity index (χ2n) is 5.21. The van der Waals surface area contributed by atoms with Crippen molar-refractivity contribution in [2.45, 2.75) is 13.1 Å². The standard InChI is InChI=1S/C16H12F3N5O2/c1-9-8-13(24-26-9)23-15-20-7-6-12(22-15)14(25)21-11-5-3-2-4-10(11)16(17,18)19/h2-8H,1H3,(H,21,25)(H,20,22,23,24). The Bertz CT molecular complexity index is 939. The third-order valence-electron chi connectivity index (χ3n) is 3.24. The Hall–Kier alpha value is -3.43. The van der Waals surface area contributed by atoms with Gasteiger partial charge in [0.15, 0.2) is 5.82 Å². The predicted molar refractivity (Wildman–Crippen MR) is 86.0 cm³/mol. The van der Waals surface area contributed by atoms with Crippen LogP contribution in [0.4, 0.5) is 30.6 Å². The van der Waals surface area contributed by atoms with Crippen LogP contribution in [0.15, 0.2) is 47.1 Å². The molecule has 7 nitrogen and oxygen atoms in total. The highest BCUT2D eigenvalue weighted by atomic mass is 19.4. The molecule has 2 N–H and O–H groups in total. The molecule has 0 fully saturated rings. The quantitative estimate of drug-likeness (QED) is 0.733. The van der Waals surface area contributed by atoms with E-state index in [0.29, 0.717) is 11.6 Å². The van der Waals surface area contributed by atoms with Crippen LogP contribution in [0.25, 0.3) is 0 Å². The molecule has 0 aliphatic carbocycles. The van der Waals surface area contributed by atoms with Crippen molar-refractivity contribution in [2.24, 2.45) is 0 Å². The summed E-state index contributed by atoms with van der Waals surface area (Å²) in [7, 11) is 0. The number of halogens is 3. The van der Waals surface area contributed by atoms with Crippen molar-refractivity contribution < 1.29 is 22.5 Å². The van der Waals surface area contributed by atoms with E-state index in [1.807, 2.05) is 0 Å². The molecule has 0 atom stereocenters. The molecule has 0 spiro atoms. The van der Waals surface area contributed by atoms with Gasteiger partial charge in [-0.05, 0) is 25.1 Å². The molecule has 134 valence electrons. The molecule has 3 rings (SSSR count). The number of benzene rings is 1. The number of nitrogens with zero attached hydrogens (tertiary/aromatic N) is 3. The van der Waals surface area contributed by atoms with E-state index in [1.165, 1.54) is 30.5 Å². The first-order chi connectivity index (χ1) is 12.3. The summed E-state index contributed by atoms with van der Waals surface area (Å²) in [6, 6.07) is 7.56. The number of aromatic nitrogens is 3. The molecular weight excluding hydrogens is 351 g/mol. The molecule has 1 aromatic carbocycles. The molecule has 0 aliphatic heterocycles. The number of nitrogens with one attached hydrogen (secondary N) is 2. The molecule has 3 aromatic rings. The van der Waals surface area contributed by atoms with Crippen LogP contribution in [0.2, 0.25) is 0 Å². The van der Waals surface area contributed by atoms with Crippen LogP contribution in [0.1, 0.15) is 21.8 Å². The summed E-state index contributed by atoms with van der Waals surface area (Å²) in [5.41, 5.74) is -1.41. The van der Waals surface area contributed by atoms with E-state index in [0.717, 1.165) is 6.07 Å². The summed E-state index contributed by atoms with van der Waals surface area (Å²) < 4.78 is 43.9. The molecule has 2 aromatic heterocycles. The second-order valence-corrected chi connectivity index (χ2v) is 5.21. The maximum atomic E-state index is 13.0. The molecule has 26 heavy (non-hydrogen) atoms.